The average Bonchev–Trinajstić information content (AvgIpc) is 3.13. The molecule has 27 heavy (non-hydrogen) atoms. The van der Waals surface area contributed by atoms with Crippen molar-refractivity contribution in [1.82, 2.24) is 14.9 Å². The molecular weight excluding hydrogens is 364 g/mol. The fourth-order valence-corrected chi connectivity index (χ4v) is 5.77. The van der Waals surface area contributed by atoms with Crippen LogP contribution >= 0.6 is 0 Å². The lowest BCUT2D eigenvalue weighted by atomic mass is 10.1. The Morgan fingerprint density at radius 1 is 1.15 bits per heavy atom. The van der Waals surface area contributed by atoms with Gasteiger partial charge in [0.15, 0.2) is 0 Å². The van der Waals surface area contributed by atoms with Gasteiger partial charge in [0.25, 0.3) is 5.91 Å². The van der Waals surface area contributed by atoms with Gasteiger partial charge in [0.1, 0.15) is 5.69 Å². The predicted octanol–water partition coefficient (Wildman–Crippen LogP) is 1.78. The number of sulfonamides is 1. The number of nitrogens with zero attached hydrogens (tertiary/aromatic N) is 4. The lowest BCUT2D eigenvalue weighted by Crippen LogP contribution is -2.49. The second kappa shape index (κ2) is 6.92. The molecule has 7 nitrogen and oxygen atoms in total. The molecule has 0 saturated carbocycles. The number of aryl methyl sites for hydroxylation is 1. The van der Waals surface area contributed by atoms with Crippen molar-refractivity contribution in [1.29, 1.82) is 0 Å². The number of piperidine rings is 1. The third kappa shape index (κ3) is 3.29. The van der Waals surface area contributed by atoms with Crippen LogP contribution in [0.4, 0.5) is 5.69 Å². The molecule has 0 spiro atoms. The number of fused-ring (bicyclic) bond motifs is 1. The standard InChI is InChI=1S/C19H22N4O3S/c1-14-11-21-17(12-20-14)19(24)22-9-4-6-16(13-22)27(25,26)23-10-8-15-5-2-3-7-18(15)23/h2-3,5,7,11-12,16H,4,6,8-10,13H2,1H3/t16-/m1/s1. The zero-order valence-corrected chi connectivity index (χ0v) is 16.0. The smallest absolute Gasteiger partial charge is 0.274 e. The molecule has 3 heterocycles. The summed E-state index contributed by atoms with van der Waals surface area (Å²) in [5.41, 5.74) is 2.81. The fourth-order valence-electron chi connectivity index (χ4n) is 3.78. The minimum Gasteiger partial charge on any atom is -0.336 e. The van der Waals surface area contributed by atoms with Gasteiger partial charge in [-0.3, -0.25) is 14.1 Å². The van der Waals surface area contributed by atoms with Crippen LogP contribution in [-0.2, 0) is 16.4 Å². The third-order valence-corrected chi connectivity index (χ3v) is 7.46. The van der Waals surface area contributed by atoms with Crippen molar-refractivity contribution in [2.45, 2.75) is 31.4 Å². The molecule has 0 aliphatic carbocycles. The maximum atomic E-state index is 13.3. The number of carbonyl (C=O) groups is 1. The largest absolute Gasteiger partial charge is 0.336 e. The van der Waals surface area contributed by atoms with Crippen LogP contribution in [0.2, 0.25) is 0 Å². The number of rotatable bonds is 3. The van der Waals surface area contributed by atoms with Crippen LogP contribution in [0.3, 0.4) is 0 Å². The molecule has 1 fully saturated rings. The van der Waals surface area contributed by atoms with E-state index in [1.165, 1.54) is 10.5 Å². The highest BCUT2D eigenvalue weighted by Gasteiger charge is 2.39. The number of benzene rings is 1. The van der Waals surface area contributed by atoms with Crippen molar-refractivity contribution >= 4 is 21.6 Å². The van der Waals surface area contributed by atoms with E-state index in [1.807, 2.05) is 24.3 Å². The Kier molecular flexibility index (Phi) is 4.59. The van der Waals surface area contributed by atoms with Crippen molar-refractivity contribution in [3.8, 4) is 0 Å². The number of hydrogen-bond donors (Lipinski definition) is 0. The van der Waals surface area contributed by atoms with Gasteiger partial charge < -0.3 is 4.90 Å². The zero-order chi connectivity index (χ0) is 19.0. The summed E-state index contributed by atoms with van der Waals surface area (Å²) in [6, 6.07) is 7.61. The molecule has 0 N–H and O–H groups in total. The predicted molar refractivity (Wildman–Crippen MR) is 102 cm³/mol. The Labute approximate surface area is 159 Å². The second-order valence-electron chi connectivity index (χ2n) is 7.05. The van der Waals surface area contributed by atoms with Gasteiger partial charge in [0, 0.05) is 25.8 Å². The van der Waals surface area contributed by atoms with Gasteiger partial charge in [-0.2, -0.15) is 0 Å². The number of amides is 1. The average molecular weight is 386 g/mol. The topological polar surface area (TPSA) is 83.5 Å². The first-order valence-corrected chi connectivity index (χ1v) is 10.6. The van der Waals surface area contributed by atoms with Gasteiger partial charge in [0.2, 0.25) is 10.0 Å². The number of para-hydroxylation sites is 1. The molecule has 2 aliphatic heterocycles. The summed E-state index contributed by atoms with van der Waals surface area (Å²) in [5.74, 6) is -0.260. The zero-order valence-electron chi connectivity index (χ0n) is 15.2. The maximum Gasteiger partial charge on any atom is 0.274 e. The van der Waals surface area contributed by atoms with E-state index in [1.54, 1.807) is 18.0 Å². The molecule has 1 aromatic heterocycles. The Bertz CT molecular complexity index is 959. The Morgan fingerprint density at radius 3 is 2.74 bits per heavy atom. The molecule has 4 rings (SSSR count). The van der Waals surface area contributed by atoms with Crippen LogP contribution in [0.25, 0.3) is 0 Å². The maximum absolute atomic E-state index is 13.3. The van der Waals surface area contributed by atoms with E-state index < -0.39 is 15.3 Å². The molecule has 0 radical (unpaired) electrons. The van der Waals surface area contributed by atoms with E-state index in [4.69, 9.17) is 0 Å². The van der Waals surface area contributed by atoms with E-state index in [0.29, 0.717) is 25.9 Å². The van der Waals surface area contributed by atoms with Crippen LogP contribution in [0.15, 0.2) is 36.7 Å². The van der Waals surface area contributed by atoms with Crippen molar-refractivity contribution in [2.75, 3.05) is 23.9 Å². The molecular formula is C19H22N4O3S. The van der Waals surface area contributed by atoms with Gasteiger partial charge in [-0.1, -0.05) is 18.2 Å². The summed E-state index contributed by atoms with van der Waals surface area (Å²) >= 11 is 0. The number of aromatic nitrogens is 2. The first-order valence-electron chi connectivity index (χ1n) is 9.14. The van der Waals surface area contributed by atoms with Crippen LogP contribution in [0, 0.1) is 6.92 Å². The molecule has 0 bridgehead atoms. The van der Waals surface area contributed by atoms with Crippen LogP contribution in [0.5, 0.6) is 0 Å². The molecule has 142 valence electrons. The molecule has 1 saturated heterocycles. The first kappa shape index (κ1) is 17.9. The lowest BCUT2D eigenvalue weighted by molar-refractivity contribution is 0.0720. The van der Waals surface area contributed by atoms with E-state index in [9.17, 15) is 13.2 Å². The number of likely N-dealkylation sites (tertiary alicyclic amines) is 1. The van der Waals surface area contributed by atoms with Gasteiger partial charge in [-0.05, 0) is 37.8 Å². The van der Waals surface area contributed by atoms with Gasteiger partial charge in [-0.25, -0.2) is 13.4 Å². The van der Waals surface area contributed by atoms with E-state index in [-0.39, 0.29) is 18.1 Å². The summed E-state index contributed by atoms with van der Waals surface area (Å²) < 4.78 is 28.0. The Morgan fingerprint density at radius 2 is 1.96 bits per heavy atom. The highest BCUT2D eigenvalue weighted by atomic mass is 32.2. The van der Waals surface area contributed by atoms with E-state index in [0.717, 1.165) is 23.4 Å². The second-order valence-corrected chi connectivity index (χ2v) is 9.19. The van der Waals surface area contributed by atoms with E-state index >= 15 is 0 Å². The van der Waals surface area contributed by atoms with Crippen molar-refractivity contribution in [2.24, 2.45) is 0 Å². The van der Waals surface area contributed by atoms with E-state index in [2.05, 4.69) is 9.97 Å². The van der Waals surface area contributed by atoms with Crippen molar-refractivity contribution < 1.29 is 13.2 Å². The Balaban J connectivity index is 1.54. The summed E-state index contributed by atoms with van der Waals surface area (Å²) in [4.78, 5) is 22.6. The fraction of sp³-hybridized carbons (Fsp3) is 0.421. The normalized spacial score (nSPS) is 19.8. The molecule has 1 aromatic carbocycles. The summed E-state index contributed by atoms with van der Waals surface area (Å²) in [7, 11) is -3.53. The quantitative estimate of drug-likeness (QED) is 0.803. The van der Waals surface area contributed by atoms with Crippen LogP contribution < -0.4 is 4.31 Å². The molecule has 1 atom stereocenters. The van der Waals surface area contributed by atoms with Gasteiger partial charge >= 0.3 is 0 Å². The Hall–Kier alpha value is -2.48. The summed E-state index contributed by atoms with van der Waals surface area (Å²) in [5, 5.41) is -0.597. The van der Waals surface area contributed by atoms with Crippen molar-refractivity contribution in [3.05, 3.63) is 53.6 Å². The van der Waals surface area contributed by atoms with Crippen molar-refractivity contribution in [3.63, 3.8) is 0 Å². The molecule has 0 unspecified atom stereocenters. The molecule has 2 aliphatic rings. The summed E-state index contributed by atoms with van der Waals surface area (Å²) in [6.45, 7) is 3.00. The minimum absolute atomic E-state index is 0.190. The SMILES string of the molecule is Cc1cnc(C(=O)N2CCC[C@@H](S(=O)(=O)N3CCc4ccccc43)C2)cn1. The first-order chi connectivity index (χ1) is 13.0. The number of anilines is 1. The highest BCUT2D eigenvalue weighted by molar-refractivity contribution is 7.93. The minimum atomic E-state index is -3.53. The highest BCUT2D eigenvalue weighted by Crippen LogP contribution is 2.33. The third-order valence-electron chi connectivity index (χ3n) is 5.24. The van der Waals surface area contributed by atoms with Crippen LogP contribution in [-0.4, -0.2) is 54.1 Å². The summed E-state index contributed by atoms with van der Waals surface area (Å²) in [6.07, 6.45) is 4.94. The van der Waals surface area contributed by atoms with Gasteiger partial charge in [0.05, 0.1) is 22.8 Å². The molecule has 2 aromatic rings. The molecule has 1 amide bonds. The van der Waals surface area contributed by atoms with Crippen LogP contribution in [0.1, 0.15) is 34.6 Å². The monoisotopic (exact) mass is 386 g/mol. The van der Waals surface area contributed by atoms with Gasteiger partial charge in [-0.15, -0.1) is 0 Å². The number of carbonyl (C=O) groups excluding carboxylic acids is 1. The molecule has 8 heteroatoms. The lowest BCUT2D eigenvalue weighted by Gasteiger charge is -2.34. The number of hydrogen-bond acceptors (Lipinski definition) is 5.